The number of nitrogens with two attached hydrogens (primary N) is 1. The van der Waals surface area contributed by atoms with Crippen LogP contribution in [0.15, 0.2) is 4.90 Å². The molecule has 6 nitrogen and oxygen atoms in total. The highest BCUT2D eigenvalue weighted by atomic mass is 32.2. The Hall–Kier alpha value is -1.12. The average Bonchev–Trinajstić information content (AvgIpc) is 2.63. The molecule has 0 atom stereocenters. The maximum absolute atomic E-state index is 11.8. The topological polar surface area (TPSA) is 89.7 Å². The Bertz CT molecular complexity index is 578. The second-order valence-electron chi connectivity index (χ2n) is 4.22. The van der Waals surface area contributed by atoms with Gasteiger partial charge in [0, 0.05) is 33.9 Å². The highest BCUT2D eigenvalue weighted by molar-refractivity contribution is 7.91. The molecule has 0 saturated heterocycles. The van der Waals surface area contributed by atoms with E-state index in [4.69, 9.17) is 10.5 Å². The number of ether oxygens (including phenoxy) is 1. The van der Waals surface area contributed by atoms with E-state index < -0.39 is 9.84 Å². The lowest BCUT2D eigenvalue weighted by Gasteiger charge is -2.18. The molecule has 0 spiro atoms. The third kappa shape index (κ3) is 3.46. The molecule has 1 heterocycles. The minimum Gasteiger partial charge on any atom is -0.396 e. The van der Waals surface area contributed by atoms with Crippen molar-refractivity contribution in [2.75, 3.05) is 44.2 Å². The van der Waals surface area contributed by atoms with Crippen LogP contribution in [0.1, 0.15) is 16.6 Å². The van der Waals surface area contributed by atoms with Crippen molar-refractivity contribution in [2.24, 2.45) is 0 Å². The zero-order valence-corrected chi connectivity index (χ0v) is 13.0. The van der Waals surface area contributed by atoms with E-state index in [0.29, 0.717) is 18.2 Å². The van der Waals surface area contributed by atoms with Crippen LogP contribution in [0.5, 0.6) is 0 Å². The van der Waals surface area contributed by atoms with Crippen LogP contribution in [0.3, 0.4) is 0 Å². The van der Waals surface area contributed by atoms with E-state index in [1.54, 1.807) is 19.1 Å². The highest BCUT2D eigenvalue weighted by Crippen LogP contribution is 2.41. The maximum atomic E-state index is 11.8. The Morgan fingerprint density at radius 2 is 2.05 bits per heavy atom. The van der Waals surface area contributed by atoms with Crippen LogP contribution < -0.4 is 10.6 Å². The third-order valence-corrected chi connectivity index (χ3v) is 5.25. The van der Waals surface area contributed by atoms with Gasteiger partial charge in [-0.25, -0.2) is 8.42 Å². The lowest BCUT2D eigenvalue weighted by molar-refractivity contribution is 0.102. The van der Waals surface area contributed by atoms with Crippen LogP contribution in [0.25, 0.3) is 0 Å². The first-order valence-corrected chi connectivity index (χ1v) is 8.24. The quantitative estimate of drug-likeness (QED) is 0.789. The number of hydrogen-bond donors (Lipinski definition) is 1. The molecule has 108 valence electrons. The largest absolute Gasteiger partial charge is 0.396 e. The number of hydrogen-bond acceptors (Lipinski definition) is 7. The normalized spacial score (nSPS) is 11.6. The van der Waals surface area contributed by atoms with E-state index in [0.717, 1.165) is 17.6 Å². The van der Waals surface area contributed by atoms with Gasteiger partial charge in [0.25, 0.3) is 0 Å². The molecule has 0 amide bonds. The summed E-state index contributed by atoms with van der Waals surface area (Å²) in [5.41, 5.74) is 5.85. The van der Waals surface area contributed by atoms with Gasteiger partial charge < -0.3 is 15.4 Å². The van der Waals surface area contributed by atoms with E-state index in [-0.39, 0.29) is 21.2 Å². The van der Waals surface area contributed by atoms with Gasteiger partial charge >= 0.3 is 0 Å². The number of anilines is 2. The lowest BCUT2D eigenvalue weighted by Crippen LogP contribution is -2.22. The molecule has 0 fully saturated rings. The van der Waals surface area contributed by atoms with Crippen molar-refractivity contribution in [1.29, 1.82) is 0 Å². The first-order chi connectivity index (χ1) is 8.70. The summed E-state index contributed by atoms with van der Waals surface area (Å²) in [5.74, 6) is -0.237. The number of likely N-dealkylation sites (N-methyl/N-ethyl adjacent to an activating group) is 1. The van der Waals surface area contributed by atoms with Crippen LogP contribution in [0, 0.1) is 0 Å². The molecule has 0 unspecified atom stereocenters. The van der Waals surface area contributed by atoms with E-state index in [1.807, 2.05) is 0 Å². The number of nitrogens with zero attached hydrogens (tertiary/aromatic N) is 1. The summed E-state index contributed by atoms with van der Waals surface area (Å²) in [5, 5.41) is 0.474. The van der Waals surface area contributed by atoms with Gasteiger partial charge in [-0.1, -0.05) is 0 Å². The maximum Gasteiger partial charge on any atom is 0.180 e. The second kappa shape index (κ2) is 5.89. The Kier molecular flexibility index (Phi) is 4.94. The summed E-state index contributed by atoms with van der Waals surface area (Å²) in [4.78, 5) is 13.5. The van der Waals surface area contributed by atoms with Crippen LogP contribution in [0.2, 0.25) is 0 Å². The zero-order chi connectivity index (χ0) is 14.8. The molecule has 0 aliphatic rings. The number of methoxy groups -OCH3 is 1. The van der Waals surface area contributed by atoms with Crippen LogP contribution in [0.4, 0.5) is 10.7 Å². The number of carbonyl (C=O) groups excluding carboxylic acids is 1. The Morgan fingerprint density at radius 1 is 1.47 bits per heavy atom. The van der Waals surface area contributed by atoms with Gasteiger partial charge in [0.1, 0.15) is 9.90 Å². The number of Topliss-reactive ketones (excluding diaryl/α,β-unsaturated/α-hetero) is 1. The minimum absolute atomic E-state index is 0.0290. The van der Waals surface area contributed by atoms with Gasteiger partial charge in [0.2, 0.25) is 0 Å². The predicted octanol–water partition coefficient (Wildman–Crippen LogP) is 1.02. The highest BCUT2D eigenvalue weighted by Gasteiger charge is 2.27. The molecule has 1 aromatic heterocycles. The van der Waals surface area contributed by atoms with Gasteiger partial charge in [-0.15, -0.1) is 11.3 Å². The fourth-order valence-electron chi connectivity index (χ4n) is 1.62. The van der Waals surface area contributed by atoms with Crippen molar-refractivity contribution in [1.82, 2.24) is 0 Å². The molecule has 2 N–H and O–H groups in total. The molecule has 0 saturated carbocycles. The molecule has 0 aliphatic heterocycles. The van der Waals surface area contributed by atoms with E-state index in [1.165, 1.54) is 6.92 Å². The smallest absolute Gasteiger partial charge is 0.180 e. The van der Waals surface area contributed by atoms with Crippen molar-refractivity contribution < 1.29 is 17.9 Å². The summed E-state index contributed by atoms with van der Waals surface area (Å²) in [7, 11) is -0.193. The van der Waals surface area contributed by atoms with Crippen LogP contribution in [-0.4, -0.2) is 47.8 Å². The minimum atomic E-state index is -3.50. The standard InChI is InChI=1S/C11H18N2O4S2/c1-7(14)9-8(12)10(19(4,15)16)11(18-9)13(2)5-6-17-3/h5-6,12H2,1-4H3. The molecule has 0 aliphatic carbocycles. The van der Waals surface area contributed by atoms with Crippen molar-refractivity contribution >= 4 is 37.6 Å². The van der Waals surface area contributed by atoms with Crippen molar-refractivity contribution in [3.8, 4) is 0 Å². The molecule has 19 heavy (non-hydrogen) atoms. The van der Waals surface area contributed by atoms with Crippen LogP contribution >= 0.6 is 11.3 Å². The van der Waals surface area contributed by atoms with Crippen molar-refractivity contribution in [3.63, 3.8) is 0 Å². The average molecular weight is 306 g/mol. The van der Waals surface area contributed by atoms with Crippen LogP contribution in [-0.2, 0) is 14.6 Å². The van der Waals surface area contributed by atoms with Crippen molar-refractivity contribution in [2.45, 2.75) is 11.8 Å². The zero-order valence-electron chi connectivity index (χ0n) is 11.4. The molecule has 1 aromatic rings. The van der Waals surface area contributed by atoms with E-state index >= 15 is 0 Å². The summed E-state index contributed by atoms with van der Waals surface area (Å²) in [6.45, 7) is 2.33. The van der Waals surface area contributed by atoms with Gasteiger partial charge in [0.15, 0.2) is 15.6 Å². The summed E-state index contributed by atoms with van der Waals surface area (Å²) in [6.07, 6.45) is 1.09. The number of ketones is 1. The van der Waals surface area contributed by atoms with Gasteiger partial charge in [0.05, 0.1) is 17.2 Å². The number of carbonyl (C=O) groups is 1. The Balaban J connectivity index is 3.38. The Labute approximate surface area is 117 Å². The molecule has 1 rings (SSSR count). The molecule has 8 heteroatoms. The monoisotopic (exact) mass is 306 g/mol. The molecular formula is C11H18N2O4S2. The number of rotatable bonds is 6. The van der Waals surface area contributed by atoms with Gasteiger partial charge in [-0.2, -0.15) is 0 Å². The lowest BCUT2D eigenvalue weighted by atomic mass is 10.3. The number of thiophene rings is 1. The third-order valence-electron chi connectivity index (χ3n) is 2.55. The SMILES string of the molecule is COCCN(C)c1sc(C(C)=O)c(N)c1S(C)(=O)=O. The van der Waals surface area contributed by atoms with E-state index in [2.05, 4.69) is 0 Å². The summed E-state index contributed by atoms with van der Waals surface area (Å²) >= 11 is 1.10. The first-order valence-electron chi connectivity index (χ1n) is 5.53. The first kappa shape index (κ1) is 15.9. The molecule has 0 aromatic carbocycles. The number of sulfone groups is 1. The van der Waals surface area contributed by atoms with Crippen molar-refractivity contribution in [3.05, 3.63) is 4.88 Å². The van der Waals surface area contributed by atoms with Gasteiger partial charge in [-0.3, -0.25) is 4.79 Å². The summed E-state index contributed by atoms with van der Waals surface area (Å²) < 4.78 is 28.7. The van der Waals surface area contributed by atoms with E-state index in [9.17, 15) is 13.2 Å². The Morgan fingerprint density at radius 3 is 2.47 bits per heavy atom. The molecule has 0 bridgehead atoms. The molecule has 0 radical (unpaired) electrons. The fourth-order valence-corrected chi connectivity index (χ4v) is 4.23. The number of nitrogen functional groups attached to an aromatic ring is 1. The predicted molar refractivity (Wildman–Crippen MR) is 77.0 cm³/mol. The summed E-state index contributed by atoms with van der Waals surface area (Å²) in [6, 6.07) is 0. The fraction of sp³-hybridized carbons (Fsp3) is 0.545. The second-order valence-corrected chi connectivity index (χ2v) is 7.17. The molecular weight excluding hydrogens is 288 g/mol. The van der Waals surface area contributed by atoms with Gasteiger partial charge in [-0.05, 0) is 0 Å².